The summed E-state index contributed by atoms with van der Waals surface area (Å²) in [6.07, 6.45) is 6.09. The monoisotopic (exact) mass is 241 g/mol. The lowest BCUT2D eigenvalue weighted by Gasteiger charge is -2.38. The van der Waals surface area contributed by atoms with Gasteiger partial charge in [0.15, 0.2) is 0 Å². The number of carbonyl (C=O) groups is 1. The minimum absolute atomic E-state index is 0.557. The van der Waals surface area contributed by atoms with Crippen molar-refractivity contribution < 1.29 is 4.79 Å². The lowest BCUT2D eigenvalue weighted by Crippen LogP contribution is -2.38. The van der Waals surface area contributed by atoms with Gasteiger partial charge in [-0.1, -0.05) is 19.8 Å². The summed E-state index contributed by atoms with van der Waals surface area (Å²) in [6, 6.07) is -0.564. The van der Waals surface area contributed by atoms with Crippen LogP contribution in [0.2, 0.25) is 0 Å². The molecule has 0 aromatic rings. The first kappa shape index (κ1) is 11.8. The number of urea groups is 1. The van der Waals surface area contributed by atoms with Crippen molar-refractivity contribution in [3.05, 3.63) is 0 Å². The molecule has 2 aliphatic rings. The number of nitrogens with zero attached hydrogens (tertiary/aromatic N) is 1. The predicted molar refractivity (Wildman–Crippen MR) is 67.6 cm³/mol. The number of hydrazone groups is 1. The van der Waals surface area contributed by atoms with Gasteiger partial charge in [-0.2, -0.15) is 16.9 Å². The summed E-state index contributed by atoms with van der Waals surface area (Å²) in [7, 11) is 0. The number of fused-ring (bicyclic) bond motifs is 1. The van der Waals surface area contributed by atoms with Crippen LogP contribution in [-0.4, -0.2) is 22.2 Å². The molecule has 3 N–H and O–H groups in total. The maximum atomic E-state index is 10.7. The Balaban J connectivity index is 2.08. The first-order chi connectivity index (χ1) is 7.66. The van der Waals surface area contributed by atoms with Crippen LogP contribution in [0, 0.1) is 5.92 Å². The Labute approximate surface area is 100 Å². The lowest BCUT2D eigenvalue weighted by atomic mass is 9.83. The first-order valence-corrected chi connectivity index (χ1v) is 6.88. The van der Waals surface area contributed by atoms with Gasteiger partial charge < -0.3 is 5.73 Å². The van der Waals surface area contributed by atoms with E-state index in [9.17, 15) is 4.79 Å². The number of primary amides is 1. The SMILES string of the molecule is CC1C/C(=N\NC(N)=O)C2CCCCC2S1. The fraction of sp³-hybridized carbons (Fsp3) is 0.818. The van der Waals surface area contributed by atoms with E-state index in [4.69, 9.17) is 5.73 Å². The summed E-state index contributed by atoms with van der Waals surface area (Å²) in [5.74, 6) is 0.557. The molecule has 16 heavy (non-hydrogen) atoms. The van der Waals surface area contributed by atoms with Crippen molar-refractivity contribution in [1.82, 2.24) is 5.43 Å². The van der Waals surface area contributed by atoms with Crippen molar-refractivity contribution in [3.8, 4) is 0 Å². The van der Waals surface area contributed by atoms with Crippen molar-refractivity contribution in [3.63, 3.8) is 0 Å². The van der Waals surface area contributed by atoms with Gasteiger partial charge in [-0.3, -0.25) is 0 Å². The molecule has 2 rings (SSSR count). The van der Waals surface area contributed by atoms with Gasteiger partial charge in [-0.05, 0) is 19.3 Å². The van der Waals surface area contributed by atoms with Gasteiger partial charge in [0.05, 0.1) is 0 Å². The van der Waals surface area contributed by atoms with Gasteiger partial charge in [0, 0.05) is 22.1 Å². The quantitative estimate of drug-likeness (QED) is 0.690. The van der Waals surface area contributed by atoms with Crippen LogP contribution in [0.5, 0.6) is 0 Å². The highest BCUT2D eigenvalue weighted by atomic mass is 32.2. The number of amides is 2. The number of nitrogens with two attached hydrogens (primary N) is 1. The van der Waals surface area contributed by atoms with Crippen LogP contribution < -0.4 is 11.2 Å². The second-order valence-electron chi connectivity index (χ2n) is 4.66. The van der Waals surface area contributed by atoms with E-state index in [1.807, 2.05) is 0 Å². The number of thioether (sulfide) groups is 1. The fourth-order valence-corrected chi connectivity index (χ4v) is 4.34. The molecule has 3 atom stereocenters. The Morgan fingerprint density at radius 1 is 1.50 bits per heavy atom. The van der Waals surface area contributed by atoms with Crippen molar-refractivity contribution in [1.29, 1.82) is 0 Å². The van der Waals surface area contributed by atoms with Crippen LogP contribution in [0.25, 0.3) is 0 Å². The molecule has 1 heterocycles. The van der Waals surface area contributed by atoms with Crippen LogP contribution in [-0.2, 0) is 0 Å². The van der Waals surface area contributed by atoms with Crippen molar-refractivity contribution in [2.24, 2.45) is 16.8 Å². The van der Waals surface area contributed by atoms with Crippen LogP contribution in [0.4, 0.5) is 4.79 Å². The zero-order valence-corrected chi connectivity index (χ0v) is 10.4. The van der Waals surface area contributed by atoms with E-state index >= 15 is 0 Å². The zero-order valence-electron chi connectivity index (χ0n) is 9.61. The molecule has 1 saturated heterocycles. The van der Waals surface area contributed by atoms with Crippen molar-refractivity contribution in [2.45, 2.75) is 49.5 Å². The Morgan fingerprint density at radius 2 is 2.25 bits per heavy atom. The summed E-state index contributed by atoms with van der Waals surface area (Å²) in [6.45, 7) is 2.23. The van der Waals surface area contributed by atoms with E-state index in [0.717, 1.165) is 12.1 Å². The maximum Gasteiger partial charge on any atom is 0.332 e. The van der Waals surface area contributed by atoms with Gasteiger partial charge >= 0.3 is 6.03 Å². The normalized spacial score (nSPS) is 36.8. The molecule has 0 aromatic heterocycles. The molecule has 2 fully saturated rings. The Hall–Kier alpha value is -0.710. The highest BCUT2D eigenvalue weighted by molar-refractivity contribution is 8.00. The molecule has 90 valence electrons. The van der Waals surface area contributed by atoms with Crippen LogP contribution in [0.3, 0.4) is 0 Å². The molecule has 0 bridgehead atoms. The molecular formula is C11H19N3OS. The van der Waals surface area contributed by atoms with Crippen molar-refractivity contribution in [2.75, 3.05) is 0 Å². The van der Waals surface area contributed by atoms with Gasteiger partial charge in [-0.15, -0.1) is 0 Å². The smallest absolute Gasteiger partial charge is 0.332 e. The molecule has 0 radical (unpaired) electrons. The van der Waals surface area contributed by atoms with Crippen LogP contribution in [0.1, 0.15) is 39.0 Å². The third kappa shape index (κ3) is 2.70. The molecular weight excluding hydrogens is 222 g/mol. The number of carbonyl (C=O) groups excluding carboxylic acids is 1. The Morgan fingerprint density at radius 3 is 3.00 bits per heavy atom. The third-order valence-electron chi connectivity index (χ3n) is 3.34. The van der Waals surface area contributed by atoms with Crippen molar-refractivity contribution >= 4 is 23.5 Å². The fourth-order valence-electron chi connectivity index (χ4n) is 2.69. The first-order valence-electron chi connectivity index (χ1n) is 5.94. The van der Waals surface area contributed by atoms with Gasteiger partial charge in [-0.25, -0.2) is 10.2 Å². The highest BCUT2D eigenvalue weighted by Crippen LogP contribution is 2.42. The second kappa shape index (κ2) is 5.08. The molecule has 1 saturated carbocycles. The summed E-state index contributed by atoms with van der Waals surface area (Å²) in [5, 5.41) is 5.50. The standard InChI is InChI=1S/C11H19N3OS/c1-7-6-9(13-14-11(12)15)8-4-2-3-5-10(8)16-7/h7-8,10H,2-6H2,1H3,(H3,12,14,15)/b13-9+. The molecule has 2 amide bonds. The largest absolute Gasteiger partial charge is 0.350 e. The highest BCUT2D eigenvalue weighted by Gasteiger charge is 2.35. The van der Waals surface area contributed by atoms with Gasteiger partial charge in [0.25, 0.3) is 0 Å². The molecule has 0 spiro atoms. The number of nitrogens with one attached hydrogen (secondary N) is 1. The average Bonchev–Trinajstić information content (AvgIpc) is 2.25. The van der Waals surface area contributed by atoms with Gasteiger partial charge in [0.2, 0.25) is 0 Å². The Bertz CT molecular complexity index is 306. The van der Waals surface area contributed by atoms with Crippen LogP contribution in [0.15, 0.2) is 5.10 Å². The van der Waals surface area contributed by atoms with E-state index in [2.05, 4.69) is 29.2 Å². The predicted octanol–water partition coefficient (Wildman–Crippen LogP) is 2.09. The summed E-state index contributed by atoms with van der Waals surface area (Å²) in [5.41, 5.74) is 8.58. The van der Waals surface area contributed by atoms with E-state index in [0.29, 0.717) is 16.4 Å². The lowest BCUT2D eigenvalue weighted by molar-refractivity contribution is 0.249. The molecule has 4 nitrogen and oxygen atoms in total. The number of hydrogen-bond acceptors (Lipinski definition) is 3. The molecule has 1 aliphatic heterocycles. The Kier molecular flexibility index (Phi) is 3.74. The topological polar surface area (TPSA) is 67.5 Å². The summed E-state index contributed by atoms with van der Waals surface area (Å²) in [4.78, 5) is 10.7. The number of rotatable bonds is 1. The molecule has 5 heteroatoms. The van der Waals surface area contributed by atoms with E-state index in [1.165, 1.54) is 25.7 Å². The molecule has 3 unspecified atom stereocenters. The van der Waals surface area contributed by atoms with E-state index in [1.54, 1.807) is 0 Å². The van der Waals surface area contributed by atoms with Crippen LogP contribution >= 0.6 is 11.8 Å². The summed E-state index contributed by atoms with van der Waals surface area (Å²) >= 11 is 2.08. The third-order valence-corrected chi connectivity index (χ3v) is 4.89. The molecule has 0 aromatic carbocycles. The molecule has 1 aliphatic carbocycles. The average molecular weight is 241 g/mol. The summed E-state index contributed by atoms with van der Waals surface area (Å²) < 4.78 is 0. The minimum atomic E-state index is -0.564. The van der Waals surface area contributed by atoms with Gasteiger partial charge in [0.1, 0.15) is 0 Å². The number of hydrogen-bond donors (Lipinski definition) is 2. The van der Waals surface area contributed by atoms with E-state index in [-0.39, 0.29) is 0 Å². The maximum absolute atomic E-state index is 10.7. The van der Waals surface area contributed by atoms with E-state index < -0.39 is 6.03 Å². The minimum Gasteiger partial charge on any atom is -0.350 e. The second-order valence-corrected chi connectivity index (χ2v) is 6.34. The zero-order chi connectivity index (χ0) is 11.5.